The van der Waals surface area contributed by atoms with Gasteiger partial charge in [-0.25, -0.2) is 9.97 Å². The SMILES string of the molecule is CC(=O)N1CCC[C@@H](c2cccnc2OC2CN(C(=O)c3cc4ccccc4[nH]3)C2)C1.CC(=O)N1CCC[C@H](c2cccnc2OC2CN(C(=O)c3cc4ccccc4[nH]3)C2)C1. The number of rotatable bonds is 8. The first-order chi connectivity index (χ1) is 30.2. The highest BCUT2D eigenvalue weighted by atomic mass is 16.5. The zero-order valence-corrected chi connectivity index (χ0v) is 35.2. The fourth-order valence-electron chi connectivity index (χ4n) is 9.05. The highest BCUT2D eigenvalue weighted by molar-refractivity contribution is 5.99. The predicted molar refractivity (Wildman–Crippen MR) is 234 cm³/mol. The molecule has 0 bridgehead atoms. The Labute approximate surface area is 360 Å². The number of benzene rings is 2. The van der Waals surface area contributed by atoms with Crippen molar-refractivity contribution in [1.82, 2.24) is 39.5 Å². The molecule has 4 amide bonds. The van der Waals surface area contributed by atoms with Gasteiger partial charge in [-0.1, -0.05) is 48.5 Å². The van der Waals surface area contributed by atoms with E-state index in [1.165, 1.54) is 0 Å². The third kappa shape index (κ3) is 8.72. The number of nitrogens with one attached hydrogen (secondary N) is 2. The number of amides is 4. The number of hydrogen-bond acceptors (Lipinski definition) is 8. The first-order valence-corrected chi connectivity index (χ1v) is 21.6. The molecule has 2 aromatic carbocycles. The molecule has 2 atom stereocenters. The molecule has 0 unspecified atom stereocenters. The summed E-state index contributed by atoms with van der Waals surface area (Å²) in [7, 11) is 0. The Bertz CT molecular complexity index is 2350. The summed E-state index contributed by atoms with van der Waals surface area (Å²) in [6, 6.07) is 27.5. The summed E-state index contributed by atoms with van der Waals surface area (Å²) < 4.78 is 12.4. The quantitative estimate of drug-likeness (QED) is 0.179. The number of ether oxygens (including phenoxy) is 2. The average Bonchev–Trinajstić information content (AvgIpc) is 3.91. The van der Waals surface area contributed by atoms with E-state index in [0.717, 1.165) is 71.7 Å². The topological polar surface area (TPSA) is 157 Å². The van der Waals surface area contributed by atoms with Gasteiger partial charge in [0.05, 0.1) is 26.2 Å². The number of hydrogen-bond donors (Lipinski definition) is 2. The van der Waals surface area contributed by atoms with Crippen LogP contribution in [0.2, 0.25) is 0 Å². The normalized spacial score (nSPS) is 19.3. The summed E-state index contributed by atoms with van der Waals surface area (Å²) in [6.07, 6.45) is 7.31. The number of carbonyl (C=O) groups excluding carboxylic acids is 4. The van der Waals surface area contributed by atoms with Crippen LogP contribution in [0.25, 0.3) is 21.8 Å². The minimum absolute atomic E-state index is 0.0123. The molecule has 0 saturated carbocycles. The molecule has 6 aromatic rings. The highest BCUT2D eigenvalue weighted by Crippen LogP contribution is 2.35. The molecule has 10 rings (SSSR count). The van der Waals surface area contributed by atoms with E-state index in [-0.39, 0.29) is 47.7 Å². The second kappa shape index (κ2) is 17.7. The van der Waals surface area contributed by atoms with E-state index in [1.54, 1.807) is 36.0 Å². The van der Waals surface area contributed by atoms with Gasteiger partial charge in [0.2, 0.25) is 23.6 Å². The molecule has 4 aliphatic rings. The van der Waals surface area contributed by atoms with Gasteiger partial charge in [-0.3, -0.25) is 19.2 Å². The third-order valence-corrected chi connectivity index (χ3v) is 12.6. The van der Waals surface area contributed by atoms with Gasteiger partial charge >= 0.3 is 0 Å². The number of carbonyl (C=O) groups is 4. The predicted octanol–water partition coefficient (Wildman–Crippen LogP) is 6.38. The number of H-pyrrole nitrogens is 2. The Morgan fingerprint density at radius 1 is 0.548 bits per heavy atom. The second-order valence-electron chi connectivity index (χ2n) is 16.8. The van der Waals surface area contributed by atoms with E-state index in [0.29, 0.717) is 62.4 Å². The molecule has 8 heterocycles. The van der Waals surface area contributed by atoms with Crippen LogP contribution in [0.1, 0.15) is 83.5 Å². The Morgan fingerprint density at radius 3 is 1.37 bits per heavy atom. The largest absolute Gasteiger partial charge is 0.470 e. The molecule has 2 N–H and O–H groups in total. The summed E-state index contributed by atoms with van der Waals surface area (Å²) in [5.74, 6) is 1.91. The maximum Gasteiger partial charge on any atom is 0.270 e. The summed E-state index contributed by atoms with van der Waals surface area (Å²) in [6.45, 7) is 8.42. The minimum Gasteiger partial charge on any atom is -0.470 e. The van der Waals surface area contributed by atoms with E-state index < -0.39 is 0 Å². The summed E-state index contributed by atoms with van der Waals surface area (Å²) in [5.41, 5.74) is 5.23. The van der Waals surface area contributed by atoms with E-state index >= 15 is 0 Å². The van der Waals surface area contributed by atoms with Crippen LogP contribution in [0, 0.1) is 0 Å². The highest BCUT2D eigenvalue weighted by Gasteiger charge is 2.37. The van der Waals surface area contributed by atoms with Crippen molar-refractivity contribution in [3.63, 3.8) is 0 Å². The van der Waals surface area contributed by atoms with E-state index in [4.69, 9.17) is 9.47 Å². The lowest BCUT2D eigenvalue weighted by molar-refractivity contribution is -0.130. The molecule has 62 heavy (non-hydrogen) atoms. The molecular weight excluding hydrogens is 785 g/mol. The van der Waals surface area contributed by atoms with Crippen molar-refractivity contribution in [3.05, 3.63) is 120 Å². The number of aromatic amines is 2. The van der Waals surface area contributed by atoms with E-state index in [1.807, 2.05) is 94.7 Å². The molecular formula is C48H52N8O6. The third-order valence-electron chi connectivity index (χ3n) is 12.6. The Hall–Kier alpha value is -6.70. The molecule has 0 aliphatic carbocycles. The maximum atomic E-state index is 12.8. The van der Waals surface area contributed by atoms with Crippen LogP contribution >= 0.6 is 0 Å². The molecule has 4 saturated heterocycles. The number of pyridine rings is 2. The van der Waals surface area contributed by atoms with Gasteiger partial charge in [0.25, 0.3) is 11.8 Å². The van der Waals surface area contributed by atoms with Crippen LogP contribution < -0.4 is 9.47 Å². The van der Waals surface area contributed by atoms with Gasteiger partial charge < -0.3 is 39.0 Å². The molecule has 320 valence electrons. The minimum atomic E-state index is -0.0746. The standard InChI is InChI=1S/2C24H26N4O3/c2*1-16(29)27-11-5-7-18(13-27)20-8-4-10-25-23(20)31-19-14-28(15-19)24(30)22-12-17-6-2-3-9-21(17)26-22/h2*2-4,6,8-10,12,18-19,26H,5,7,11,13-15H2,1H3/t2*18-/m10/s1. The fraction of sp³-hybridized carbons (Fsp3) is 0.375. The van der Waals surface area contributed by atoms with Crippen molar-refractivity contribution >= 4 is 45.4 Å². The molecule has 4 fully saturated rings. The fourth-order valence-corrected chi connectivity index (χ4v) is 9.05. The van der Waals surface area contributed by atoms with Gasteiger partial charge in [0, 0.05) is 97.2 Å². The molecule has 4 aromatic heterocycles. The first kappa shape index (κ1) is 40.7. The molecule has 14 nitrogen and oxygen atoms in total. The van der Waals surface area contributed by atoms with Crippen LogP contribution in [0.15, 0.2) is 97.3 Å². The lowest BCUT2D eigenvalue weighted by atomic mass is 9.91. The lowest BCUT2D eigenvalue weighted by Gasteiger charge is -2.39. The van der Waals surface area contributed by atoms with Crippen LogP contribution in [-0.2, 0) is 9.59 Å². The molecule has 4 aliphatic heterocycles. The molecule has 0 radical (unpaired) electrons. The smallest absolute Gasteiger partial charge is 0.270 e. The lowest BCUT2D eigenvalue weighted by Crippen LogP contribution is -2.56. The van der Waals surface area contributed by atoms with Crippen LogP contribution in [0.4, 0.5) is 0 Å². The van der Waals surface area contributed by atoms with Gasteiger partial charge in [0.1, 0.15) is 23.6 Å². The van der Waals surface area contributed by atoms with Gasteiger partial charge in [0.15, 0.2) is 0 Å². The van der Waals surface area contributed by atoms with E-state index in [9.17, 15) is 19.2 Å². The van der Waals surface area contributed by atoms with Crippen molar-refractivity contribution < 1.29 is 28.7 Å². The summed E-state index contributed by atoms with van der Waals surface area (Å²) >= 11 is 0. The number of likely N-dealkylation sites (tertiary alicyclic amines) is 4. The zero-order chi connectivity index (χ0) is 42.7. The molecule has 0 spiro atoms. The summed E-state index contributed by atoms with van der Waals surface area (Å²) in [4.78, 5) is 71.9. The van der Waals surface area contributed by atoms with Crippen molar-refractivity contribution in [2.75, 3.05) is 52.4 Å². The van der Waals surface area contributed by atoms with Gasteiger partial charge in [-0.05, 0) is 62.1 Å². The Morgan fingerprint density at radius 2 is 0.968 bits per heavy atom. The maximum absolute atomic E-state index is 12.8. The van der Waals surface area contributed by atoms with Crippen LogP contribution in [0.3, 0.4) is 0 Å². The van der Waals surface area contributed by atoms with E-state index in [2.05, 4.69) is 19.9 Å². The number of para-hydroxylation sites is 2. The van der Waals surface area contributed by atoms with Gasteiger partial charge in [-0.15, -0.1) is 0 Å². The zero-order valence-electron chi connectivity index (χ0n) is 35.2. The van der Waals surface area contributed by atoms with Crippen molar-refractivity contribution in [1.29, 1.82) is 0 Å². The summed E-state index contributed by atoms with van der Waals surface area (Å²) in [5, 5.41) is 2.06. The Kier molecular flexibility index (Phi) is 11.6. The van der Waals surface area contributed by atoms with Crippen molar-refractivity contribution in [2.24, 2.45) is 0 Å². The monoisotopic (exact) mass is 836 g/mol. The number of aromatic nitrogens is 4. The first-order valence-electron chi connectivity index (χ1n) is 21.6. The number of nitrogens with zero attached hydrogens (tertiary/aromatic N) is 6. The molecule has 14 heteroatoms. The van der Waals surface area contributed by atoms with Crippen LogP contribution in [0.5, 0.6) is 11.8 Å². The van der Waals surface area contributed by atoms with Gasteiger partial charge in [-0.2, -0.15) is 0 Å². The number of piperidine rings is 2. The average molecular weight is 837 g/mol. The number of fused-ring (bicyclic) bond motifs is 2. The Balaban J connectivity index is 0.000000158. The van der Waals surface area contributed by atoms with Crippen LogP contribution in [-0.4, -0.2) is 128 Å². The van der Waals surface area contributed by atoms with Crippen molar-refractivity contribution in [3.8, 4) is 11.8 Å². The van der Waals surface area contributed by atoms with Crippen molar-refractivity contribution in [2.45, 2.75) is 63.6 Å². The second-order valence-corrected chi connectivity index (χ2v) is 16.8.